The van der Waals surface area contributed by atoms with E-state index in [2.05, 4.69) is 5.32 Å². The van der Waals surface area contributed by atoms with E-state index in [0.717, 1.165) is 19.3 Å². The molecule has 0 aromatic heterocycles. The minimum atomic E-state index is -3.71. The fourth-order valence-electron chi connectivity index (χ4n) is 3.09. The Morgan fingerprint density at radius 2 is 1.68 bits per heavy atom. The van der Waals surface area contributed by atoms with Gasteiger partial charge < -0.3 is 11.1 Å². The highest BCUT2D eigenvalue weighted by Gasteiger charge is 2.27. The van der Waals surface area contributed by atoms with Crippen LogP contribution in [-0.2, 0) is 10.0 Å². The molecule has 3 N–H and O–H groups in total. The van der Waals surface area contributed by atoms with Gasteiger partial charge in [0.05, 0.1) is 26.7 Å². The average molecular weight is 422 g/mol. The quantitative estimate of drug-likeness (QED) is 0.773. The number of nitrogens with one attached hydrogen (secondary N) is 1. The molecule has 0 unspecified atom stereocenters. The molecule has 1 aliphatic rings. The molecule has 1 saturated heterocycles. The van der Waals surface area contributed by atoms with Crippen molar-refractivity contribution in [1.82, 2.24) is 4.31 Å². The van der Waals surface area contributed by atoms with E-state index in [-0.39, 0.29) is 26.7 Å². The maximum Gasteiger partial charge on any atom is 0.257 e. The highest BCUT2D eigenvalue weighted by molar-refractivity contribution is 7.89. The predicted octanol–water partition coefficient (Wildman–Crippen LogP) is 2.87. The molecule has 0 aliphatic carbocycles. The summed E-state index contributed by atoms with van der Waals surface area (Å²) in [5.74, 6) is -1.32. The number of amides is 2. The Hall–Kier alpha value is -2.42. The van der Waals surface area contributed by atoms with E-state index < -0.39 is 21.8 Å². The topological polar surface area (TPSA) is 110 Å². The molecule has 3 rings (SSSR count). The van der Waals surface area contributed by atoms with Crippen LogP contribution in [-0.4, -0.2) is 37.6 Å². The highest BCUT2D eigenvalue weighted by atomic mass is 35.5. The Kier molecular flexibility index (Phi) is 6.02. The Bertz CT molecular complexity index is 1020. The van der Waals surface area contributed by atoms with Gasteiger partial charge in [0.25, 0.3) is 11.8 Å². The summed E-state index contributed by atoms with van der Waals surface area (Å²) in [5.41, 5.74) is 5.69. The monoisotopic (exact) mass is 421 g/mol. The van der Waals surface area contributed by atoms with E-state index in [9.17, 15) is 18.0 Å². The maximum atomic E-state index is 12.9. The van der Waals surface area contributed by atoms with Crippen molar-refractivity contribution in [3.63, 3.8) is 0 Å². The first-order chi connectivity index (χ1) is 13.3. The van der Waals surface area contributed by atoms with Gasteiger partial charge in [0.15, 0.2) is 0 Å². The molecule has 148 valence electrons. The highest BCUT2D eigenvalue weighted by Crippen LogP contribution is 2.26. The largest absolute Gasteiger partial charge is 0.366 e. The van der Waals surface area contributed by atoms with E-state index in [1.165, 1.54) is 34.6 Å². The molecule has 0 saturated carbocycles. The lowest BCUT2D eigenvalue weighted by Crippen LogP contribution is -2.35. The van der Waals surface area contributed by atoms with E-state index >= 15 is 0 Å². The number of carbonyl (C=O) groups excluding carboxylic acids is 2. The molecular weight excluding hydrogens is 402 g/mol. The number of hydrogen-bond acceptors (Lipinski definition) is 4. The standard InChI is InChI=1S/C19H20ClN3O4S/c20-16-9-8-13(28(26,27)23-10-4-1-5-11-23)12-15(16)19(25)22-17-7-3-2-6-14(17)18(21)24/h2-3,6-9,12H,1,4-5,10-11H2,(H2,21,24)(H,22,25). The van der Waals surface area contributed by atoms with Gasteiger partial charge in [-0.05, 0) is 43.2 Å². The molecule has 2 aromatic carbocycles. The first-order valence-electron chi connectivity index (χ1n) is 8.80. The zero-order valence-corrected chi connectivity index (χ0v) is 16.6. The maximum absolute atomic E-state index is 12.9. The van der Waals surface area contributed by atoms with E-state index in [0.29, 0.717) is 13.1 Å². The van der Waals surface area contributed by atoms with Gasteiger partial charge in [-0.1, -0.05) is 30.2 Å². The van der Waals surface area contributed by atoms with Gasteiger partial charge in [0.1, 0.15) is 0 Å². The summed E-state index contributed by atoms with van der Waals surface area (Å²) >= 11 is 6.13. The molecule has 1 heterocycles. The number of primary amides is 1. The van der Waals surface area contributed by atoms with Crippen LogP contribution in [0.3, 0.4) is 0 Å². The van der Waals surface area contributed by atoms with Crippen LogP contribution in [0.4, 0.5) is 5.69 Å². The molecule has 0 radical (unpaired) electrons. The van der Waals surface area contributed by atoms with Gasteiger partial charge >= 0.3 is 0 Å². The van der Waals surface area contributed by atoms with Crippen molar-refractivity contribution < 1.29 is 18.0 Å². The van der Waals surface area contributed by atoms with Crippen molar-refractivity contribution in [2.45, 2.75) is 24.2 Å². The number of anilines is 1. The zero-order chi connectivity index (χ0) is 20.3. The van der Waals surface area contributed by atoms with Crippen LogP contribution in [0.1, 0.15) is 40.0 Å². The van der Waals surface area contributed by atoms with Crippen molar-refractivity contribution in [2.75, 3.05) is 18.4 Å². The zero-order valence-electron chi connectivity index (χ0n) is 15.0. The predicted molar refractivity (Wildman–Crippen MR) is 107 cm³/mol. The second-order valence-corrected chi connectivity index (χ2v) is 8.82. The van der Waals surface area contributed by atoms with Crippen molar-refractivity contribution in [1.29, 1.82) is 0 Å². The minimum Gasteiger partial charge on any atom is -0.366 e. The van der Waals surface area contributed by atoms with Crippen molar-refractivity contribution in [3.05, 3.63) is 58.6 Å². The minimum absolute atomic E-state index is 0.000903. The summed E-state index contributed by atoms with van der Waals surface area (Å²) in [7, 11) is -3.71. The van der Waals surface area contributed by atoms with Crippen LogP contribution in [0.25, 0.3) is 0 Å². The molecule has 2 aromatic rings. The van der Waals surface area contributed by atoms with Gasteiger partial charge in [-0.2, -0.15) is 4.31 Å². The Morgan fingerprint density at radius 1 is 1.00 bits per heavy atom. The second kappa shape index (κ2) is 8.30. The van der Waals surface area contributed by atoms with Crippen LogP contribution in [0, 0.1) is 0 Å². The number of benzene rings is 2. The number of para-hydroxylation sites is 1. The van der Waals surface area contributed by atoms with Gasteiger partial charge in [-0.25, -0.2) is 8.42 Å². The average Bonchev–Trinajstić information content (AvgIpc) is 2.69. The lowest BCUT2D eigenvalue weighted by Gasteiger charge is -2.26. The molecular formula is C19H20ClN3O4S. The number of sulfonamides is 1. The third-order valence-corrected chi connectivity index (χ3v) is 6.80. The second-order valence-electron chi connectivity index (χ2n) is 6.47. The molecule has 28 heavy (non-hydrogen) atoms. The number of halogens is 1. The lowest BCUT2D eigenvalue weighted by atomic mass is 10.1. The summed E-state index contributed by atoms with van der Waals surface area (Å²) < 4.78 is 27.2. The van der Waals surface area contributed by atoms with Crippen LogP contribution in [0.15, 0.2) is 47.4 Å². The van der Waals surface area contributed by atoms with Crippen LogP contribution in [0.2, 0.25) is 5.02 Å². The third-order valence-electron chi connectivity index (χ3n) is 4.58. The molecule has 0 atom stereocenters. The fraction of sp³-hybridized carbons (Fsp3) is 0.263. The van der Waals surface area contributed by atoms with Crippen molar-refractivity contribution >= 4 is 39.1 Å². The molecule has 7 nitrogen and oxygen atoms in total. The van der Waals surface area contributed by atoms with Crippen molar-refractivity contribution in [2.24, 2.45) is 5.73 Å². The molecule has 1 aliphatic heterocycles. The SMILES string of the molecule is NC(=O)c1ccccc1NC(=O)c1cc(S(=O)(=O)N2CCCCC2)ccc1Cl. The fourth-order valence-corrected chi connectivity index (χ4v) is 4.84. The molecule has 2 amide bonds. The van der Waals surface area contributed by atoms with Crippen LogP contribution < -0.4 is 11.1 Å². The van der Waals surface area contributed by atoms with E-state index in [1.807, 2.05) is 0 Å². The number of nitrogens with two attached hydrogens (primary N) is 1. The Balaban J connectivity index is 1.91. The molecule has 0 spiro atoms. The van der Waals surface area contributed by atoms with Crippen molar-refractivity contribution in [3.8, 4) is 0 Å². The van der Waals surface area contributed by atoms with Gasteiger partial charge in [-0.15, -0.1) is 0 Å². The van der Waals surface area contributed by atoms with Crippen LogP contribution in [0.5, 0.6) is 0 Å². The number of carbonyl (C=O) groups is 2. The third kappa shape index (κ3) is 4.19. The van der Waals surface area contributed by atoms with E-state index in [1.54, 1.807) is 12.1 Å². The molecule has 1 fully saturated rings. The van der Waals surface area contributed by atoms with E-state index in [4.69, 9.17) is 17.3 Å². The molecule has 0 bridgehead atoms. The number of rotatable bonds is 5. The number of nitrogens with zero attached hydrogens (tertiary/aromatic N) is 1. The Labute approximate surface area is 168 Å². The molecule has 9 heteroatoms. The summed E-state index contributed by atoms with van der Waals surface area (Å²) in [6, 6.07) is 10.3. The first-order valence-corrected chi connectivity index (χ1v) is 10.6. The number of piperidine rings is 1. The van der Waals surface area contributed by atoms with Gasteiger partial charge in [0, 0.05) is 13.1 Å². The van der Waals surface area contributed by atoms with Crippen LogP contribution >= 0.6 is 11.6 Å². The summed E-state index contributed by atoms with van der Waals surface area (Å²) in [6.45, 7) is 0.914. The normalized spacial score (nSPS) is 15.2. The smallest absolute Gasteiger partial charge is 0.257 e. The first kappa shape index (κ1) is 20.3. The van der Waals surface area contributed by atoms with Gasteiger partial charge in [-0.3, -0.25) is 9.59 Å². The summed E-state index contributed by atoms with van der Waals surface area (Å²) in [4.78, 5) is 24.2. The Morgan fingerprint density at radius 3 is 2.36 bits per heavy atom. The summed E-state index contributed by atoms with van der Waals surface area (Å²) in [5, 5.41) is 2.68. The number of hydrogen-bond donors (Lipinski definition) is 2. The lowest BCUT2D eigenvalue weighted by molar-refractivity contribution is 0.100. The van der Waals surface area contributed by atoms with Gasteiger partial charge in [0.2, 0.25) is 10.0 Å². The summed E-state index contributed by atoms with van der Waals surface area (Å²) in [6.07, 6.45) is 2.62.